The van der Waals surface area contributed by atoms with Crippen molar-refractivity contribution in [1.29, 1.82) is 0 Å². The summed E-state index contributed by atoms with van der Waals surface area (Å²) in [4.78, 5) is 46.7. The van der Waals surface area contributed by atoms with E-state index in [0.717, 1.165) is 12.8 Å². The summed E-state index contributed by atoms with van der Waals surface area (Å²) in [7, 11) is -1.57. The number of carbonyl (C=O) groups excluding carboxylic acids is 2. The number of amides is 2. The number of nitrogens with one attached hydrogen (secondary N) is 3. The van der Waals surface area contributed by atoms with Crippen molar-refractivity contribution < 1.29 is 18.0 Å². The third-order valence-electron chi connectivity index (χ3n) is 4.86. The van der Waals surface area contributed by atoms with Gasteiger partial charge in [-0.15, -0.1) is 0 Å². The molecule has 0 spiro atoms. The van der Waals surface area contributed by atoms with E-state index in [-0.39, 0.29) is 59.7 Å². The molecule has 1 aliphatic heterocycles. The van der Waals surface area contributed by atoms with E-state index in [1.54, 1.807) is 4.90 Å². The molecular formula is C17H21N9O4S. The van der Waals surface area contributed by atoms with Crippen molar-refractivity contribution in [2.45, 2.75) is 12.8 Å². The van der Waals surface area contributed by atoms with Crippen molar-refractivity contribution >= 4 is 45.3 Å². The van der Waals surface area contributed by atoms with Crippen LogP contribution >= 0.6 is 0 Å². The summed E-state index contributed by atoms with van der Waals surface area (Å²) >= 11 is 0. The monoisotopic (exact) mass is 447 g/mol. The Morgan fingerprint density at radius 1 is 1.06 bits per heavy atom. The van der Waals surface area contributed by atoms with Gasteiger partial charge in [0.2, 0.25) is 23.8 Å². The van der Waals surface area contributed by atoms with Crippen LogP contribution in [0.4, 0.5) is 23.7 Å². The minimum absolute atomic E-state index is 0.0260. The largest absolute Gasteiger partial charge is 0.355 e. The van der Waals surface area contributed by atoms with E-state index in [2.05, 4.69) is 40.9 Å². The van der Waals surface area contributed by atoms with Crippen LogP contribution in [0, 0.1) is 5.92 Å². The van der Waals surface area contributed by atoms with Gasteiger partial charge in [0.25, 0.3) is 5.91 Å². The highest BCUT2D eigenvalue weighted by atomic mass is 32.2. The molecule has 13 nitrogen and oxygen atoms in total. The van der Waals surface area contributed by atoms with Gasteiger partial charge >= 0.3 is 0 Å². The minimum Gasteiger partial charge on any atom is -0.355 e. The van der Waals surface area contributed by atoms with Crippen LogP contribution in [0.25, 0.3) is 0 Å². The number of sulfone groups is 1. The Labute approximate surface area is 178 Å². The topological polar surface area (TPSA) is 172 Å². The van der Waals surface area contributed by atoms with Gasteiger partial charge in [0.1, 0.15) is 11.9 Å². The van der Waals surface area contributed by atoms with Crippen LogP contribution in [0.5, 0.6) is 0 Å². The van der Waals surface area contributed by atoms with Crippen molar-refractivity contribution in [3.05, 3.63) is 18.1 Å². The van der Waals surface area contributed by atoms with E-state index >= 15 is 0 Å². The molecular weight excluding hydrogens is 426 g/mol. The van der Waals surface area contributed by atoms with Crippen LogP contribution in [0.15, 0.2) is 12.5 Å². The Morgan fingerprint density at radius 2 is 1.81 bits per heavy atom. The van der Waals surface area contributed by atoms with Gasteiger partial charge in [0, 0.05) is 32.3 Å². The molecule has 0 bridgehead atoms. The van der Waals surface area contributed by atoms with Gasteiger partial charge in [-0.25, -0.2) is 23.4 Å². The van der Waals surface area contributed by atoms with Gasteiger partial charge < -0.3 is 15.5 Å². The van der Waals surface area contributed by atoms with E-state index < -0.39 is 15.7 Å². The first kappa shape index (κ1) is 20.8. The second-order valence-corrected chi connectivity index (χ2v) is 9.48. The first-order valence-corrected chi connectivity index (χ1v) is 11.5. The highest BCUT2D eigenvalue weighted by Gasteiger charge is 2.30. The van der Waals surface area contributed by atoms with Gasteiger partial charge in [0.05, 0.1) is 11.5 Å². The molecule has 1 saturated heterocycles. The summed E-state index contributed by atoms with van der Waals surface area (Å²) in [5.74, 6) is 0.0156. The fourth-order valence-corrected chi connectivity index (χ4v) is 4.12. The zero-order valence-electron chi connectivity index (χ0n) is 16.7. The number of rotatable bonds is 6. The standard InChI is InChI=1S/C17H21N9O4S/c1-18-14(28)11-8-19-15(24-13(27)10-2-3-10)22-12(11)23-16-20-9-21-17(25-16)26-4-6-31(29,30)7-5-26/h8-10H,2-7H2,1H3,(H,18,28)(H2,19,20,21,22,23,24,25,27). The Balaban J connectivity index is 1.57. The summed E-state index contributed by atoms with van der Waals surface area (Å²) in [6.45, 7) is 0.556. The molecule has 2 aliphatic rings. The van der Waals surface area contributed by atoms with Crippen LogP contribution in [-0.2, 0) is 14.6 Å². The number of carbonyl (C=O) groups is 2. The van der Waals surface area contributed by atoms with Crippen LogP contribution < -0.4 is 20.9 Å². The fraction of sp³-hybridized carbons (Fsp3) is 0.471. The zero-order chi connectivity index (χ0) is 22.0. The second-order valence-electron chi connectivity index (χ2n) is 7.17. The lowest BCUT2D eigenvalue weighted by atomic mass is 10.3. The van der Waals surface area contributed by atoms with Crippen molar-refractivity contribution in [2.75, 3.05) is 47.2 Å². The molecule has 31 heavy (non-hydrogen) atoms. The summed E-state index contributed by atoms with van der Waals surface area (Å²) in [5.41, 5.74) is 0.137. The van der Waals surface area contributed by atoms with Gasteiger partial charge in [-0.2, -0.15) is 9.97 Å². The average molecular weight is 447 g/mol. The van der Waals surface area contributed by atoms with Crippen LogP contribution in [-0.4, -0.2) is 76.8 Å². The van der Waals surface area contributed by atoms with Crippen LogP contribution in [0.2, 0.25) is 0 Å². The Morgan fingerprint density at radius 3 is 2.48 bits per heavy atom. The van der Waals surface area contributed by atoms with E-state index in [1.165, 1.54) is 19.6 Å². The van der Waals surface area contributed by atoms with E-state index in [9.17, 15) is 18.0 Å². The lowest BCUT2D eigenvalue weighted by molar-refractivity contribution is -0.117. The highest BCUT2D eigenvalue weighted by molar-refractivity contribution is 7.91. The maximum Gasteiger partial charge on any atom is 0.256 e. The molecule has 3 N–H and O–H groups in total. The Kier molecular flexibility index (Phi) is 5.63. The Bertz CT molecular complexity index is 1110. The maximum absolute atomic E-state index is 12.2. The average Bonchev–Trinajstić information content (AvgIpc) is 3.59. The van der Waals surface area contributed by atoms with Crippen molar-refractivity contribution in [1.82, 2.24) is 30.2 Å². The zero-order valence-corrected chi connectivity index (χ0v) is 17.5. The first-order valence-electron chi connectivity index (χ1n) is 9.66. The van der Waals surface area contributed by atoms with Gasteiger partial charge in [-0.1, -0.05) is 0 Å². The third-order valence-corrected chi connectivity index (χ3v) is 6.47. The molecule has 2 aromatic rings. The van der Waals surface area contributed by atoms with Crippen LogP contribution in [0.1, 0.15) is 23.2 Å². The molecule has 0 radical (unpaired) electrons. The quantitative estimate of drug-likeness (QED) is 0.513. The lowest BCUT2D eigenvalue weighted by Crippen LogP contribution is -2.41. The van der Waals surface area contributed by atoms with Crippen molar-refractivity contribution in [2.24, 2.45) is 5.92 Å². The lowest BCUT2D eigenvalue weighted by Gasteiger charge is -2.26. The number of hydrogen-bond acceptors (Lipinski definition) is 11. The van der Waals surface area contributed by atoms with Gasteiger partial charge in [-0.3, -0.25) is 14.9 Å². The predicted octanol–water partition coefficient (Wildman–Crippen LogP) is -0.652. The van der Waals surface area contributed by atoms with E-state index in [4.69, 9.17) is 0 Å². The smallest absolute Gasteiger partial charge is 0.256 e. The highest BCUT2D eigenvalue weighted by Crippen LogP contribution is 2.30. The molecule has 3 heterocycles. The molecule has 0 aromatic carbocycles. The molecule has 0 unspecified atom stereocenters. The molecule has 2 fully saturated rings. The molecule has 0 atom stereocenters. The maximum atomic E-state index is 12.2. The number of nitrogens with zero attached hydrogens (tertiary/aromatic N) is 6. The summed E-state index contributed by atoms with van der Waals surface area (Å²) in [6, 6.07) is 0. The van der Waals surface area contributed by atoms with Gasteiger partial charge in [-0.05, 0) is 12.8 Å². The minimum atomic E-state index is -3.04. The summed E-state index contributed by atoms with van der Waals surface area (Å²) in [6.07, 6.45) is 4.25. The van der Waals surface area contributed by atoms with Crippen LogP contribution in [0.3, 0.4) is 0 Å². The molecule has 14 heteroatoms. The SMILES string of the molecule is CNC(=O)c1cnc(NC(=O)C2CC2)nc1Nc1ncnc(N2CCS(=O)(=O)CC2)n1. The van der Waals surface area contributed by atoms with Gasteiger partial charge in [0.15, 0.2) is 15.7 Å². The van der Waals surface area contributed by atoms with E-state index in [1.807, 2.05) is 0 Å². The van der Waals surface area contributed by atoms with Crippen molar-refractivity contribution in [3.8, 4) is 0 Å². The second kappa shape index (κ2) is 8.37. The number of hydrogen-bond donors (Lipinski definition) is 3. The normalized spacial score (nSPS) is 17.6. The summed E-state index contributed by atoms with van der Waals surface area (Å²) in [5, 5.41) is 8.01. The fourth-order valence-electron chi connectivity index (χ4n) is 2.91. The molecule has 1 aliphatic carbocycles. The predicted molar refractivity (Wildman–Crippen MR) is 111 cm³/mol. The molecule has 4 rings (SSSR count). The molecule has 164 valence electrons. The molecule has 2 amide bonds. The van der Waals surface area contributed by atoms with Crippen molar-refractivity contribution in [3.63, 3.8) is 0 Å². The number of aromatic nitrogens is 5. The third kappa shape index (κ3) is 5.02. The first-order chi connectivity index (χ1) is 14.8. The Hall–Kier alpha value is -3.42. The molecule has 2 aromatic heterocycles. The molecule has 1 saturated carbocycles. The van der Waals surface area contributed by atoms with E-state index in [0.29, 0.717) is 5.95 Å². The number of anilines is 4. The summed E-state index contributed by atoms with van der Waals surface area (Å²) < 4.78 is 23.3.